The standard InChI is InChI=1S/C10H16N4O4/c1-4-5(2)6(10(16)17-3)12-9(15)7-8(11)14-18-13-7/h5-6H,4H2,1-3H3,(H2,11,14)(H,12,15). The van der Waals surface area contributed by atoms with Crippen LogP contribution in [0.3, 0.4) is 0 Å². The van der Waals surface area contributed by atoms with Crippen molar-refractivity contribution in [3.63, 3.8) is 0 Å². The van der Waals surface area contributed by atoms with Crippen molar-refractivity contribution in [1.29, 1.82) is 0 Å². The number of amides is 1. The molecule has 1 heterocycles. The summed E-state index contributed by atoms with van der Waals surface area (Å²) in [6.07, 6.45) is 0.701. The molecule has 1 aromatic heterocycles. The van der Waals surface area contributed by atoms with Gasteiger partial charge < -0.3 is 15.8 Å². The SMILES string of the molecule is CCC(C)C(NC(=O)c1nonc1N)C(=O)OC. The molecule has 100 valence electrons. The van der Waals surface area contributed by atoms with Gasteiger partial charge >= 0.3 is 5.97 Å². The molecule has 2 atom stereocenters. The largest absolute Gasteiger partial charge is 0.467 e. The normalized spacial score (nSPS) is 13.7. The zero-order valence-electron chi connectivity index (χ0n) is 10.5. The van der Waals surface area contributed by atoms with Crippen LogP contribution in [-0.4, -0.2) is 35.3 Å². The van der Waals surface area contributed by atoms with E-state index in [0.29, 0.717) is 6.42 Å². The van der Waals surface area contributed by atoms with E-state index in [4.69, 9.17) is 5.73 Å². The van der Waals surface area contributed by atoms with Crippen LogP contribution in [-0.2, 0) is 9.53 Å². The molecule has 0 radical (unpaired) electrons. The molecule has 0 aliphatic heterocycles. The smallest absolute Gasteiger partial charge is 0.328 e. The summed E-state index contributed by atoms with van der Waals surface area (Å²) in [7, 11) is 1.26. The second-order valence-electron chi connectivity index (χ2n) is 3.86. The van der Waals surface area contributed by atoms with Crippen LogP contribution in [0.2, 0.25) is 0 Å². The van der Waals surface area contributed by atoms with Gasteiger partial charge in [0.1, 0.15) is 6.04 Å². The minimum absolute atomic E-state index is 0.0810. The number of nitrogens with zero attached hydrogens (tertiary/aromatic N) is 2. The van der Waals surface area contributed by atoms with Crippen LogP contribution >= 0.6 is 0 Å². The number of nitrogen functional groups attached to an aromatic ring is 1. The Labute approximate surface area is 104 Å². The van der Waals surface area contributed by atoms with E-state index >= 15 is 0 Å². The fraction of sp³-hybridized carbons (Fsp3) is 0.600. The molecular formula is C10H16N4O4. The number of esters is 1. The van der Waals surface area contributed by atoms with Crippen molar-refractivity contribution in [1.82, 2.24) is 15.6 Å². The number of hydrogen-bond acceptors (Lipinski definition) is 7. The predicted molar refractivity (Wildman–Crippen MR) is 61.4 cm³/mol. The summed E-state index contributed by atoms with van der Waals surface area (Å²) >= 11 is 0. The molecule has 1 aromatic rings. The van der Waals surface area contributed by atoms with Gasteiger partial charge in [0.2, 0.25) is 11.5 Å². The Kier molecular flexibility index (Phi) is 4.64. The molecule has 2 unspecified atom stereocenters. The molecule has 0 aromatic carbocycles. The van der Waals surface area contributed by atoms with E-state index in [1.807, 2.05) is 13.8 Å². The minimum atomic E-state index is -0.761. The van der Waals surface area contributed by atoms with Gasteiger partial charge in [0.05, 0.1) is 7.11 Å². The third kappa shape index (κ3) is 2.96. The third-order valence-corrected chi connectivity index (χ3v) is 2.68. The number of aromatic nitrogens is 2. The lowest BCUT2D eigenvalue weighted by Gasteiger charge is -2.21. The minimum Gasteiger partial charge on any atom is -0.467 e. The molecule has 0 saturated heterocycles. The number of carbonyl (C=O) groups excluding carboxylic acids is 2. The average molecular weight is 256 g/mol. The van der Waals surface area contributed by atoms with E-state index in [0.717, 1.165) is 0 Å². The zero-order chi connectivity index (χ0) is 13.7. The quantitative estimate of drug-likeness (QED) is 0.709. The van der Waals surface area contributed by atoms with Crippen molar-refractivity contribution in [2.45, 2.75) is 26.3 Å². The molecule has 8 nitrogen and oxygen atoms in total. The molecule has 0 saturated carbocycles. The fourth-order valence-corrected chi connectivity index (χ4v) is 1.36. The summed E-state index contributed by atoms with van der Waals surface area (Å²) in [6.45, 7) is 3.73. The Bertz CT molecular complexity index is 431. The van der Waals surface area contributed by atoms with Crippen molar-refractivity contribution in [3.8, 4) is 0 Å². The Morgan fingerprint density at radius 1 is 1.50 bits per heavy atom. The second kappa shape index (κ2) is 5.99. The van der Waals surface area contributed by atoms with Crippen LogP contribution < -0.4 is 11.1 Å². The molecule has 8 heteroatoms. The van der Waals surface area contributed by atoms with Crippen LogP contribution in [0.4, 0.5) is 5.82 Å². The summed E-state index contributed by atoms with van der Waals surface area (Å²) in [5.74, 6) is -1.35. The Balaban J connectivity index is 2.81. The Morgan fingerprint density at radius 2 is 2.17 bits per heavy atom. The van der Waals surface area contributed by atoms with E-state index in [1.54, 1.807) is 0 Å². The van der Waals surface area contributed by atoms with E-state index in [-0.39, 0.29) is 17.4 Å². The summed E-state index contributed by atoms with van der Waals surface area (Å²) in [5.41, 5.74) is 5.24. The number of methoxy groups -OCH3 is 1. The van der Waals surface area contributed by atoms with Gasteiger partial charge in [-0.3, -0.25) is 4.79 Å². The molecule has 0 spiro atoms. The van der Waals surface area contributed by atoms with Gasteiger partial charge in [0.15, 0.2) is 0 Å². The van der Waals surface area contributed by atoms with Crippen molar-refractivity contribution < 1.29 is 19.0 Å². The van der Waals surface area contributed by atoms with Gasteiger partial charge in [-0.15, -0.1) is 0 Å². The van der Waals surface area contributed by atoms with E-state index in [1.165, 1.54) is 7.11 Å². The first kappa shape index (κ1) is 13.9. The highest BCUT2D eigenvalue weighted by atomic mass is 16.6. The van der Waals surface area contributed by atoms with Crippen LogP contribution in [0, 0.1) is 5.92 Å². The first-order valence-corrected chi connectivity index (χ1v) is 5.48. The number of anilines is 1. The monoisotopic (exact) mass is 256 g/mol. The molecule has 1 amide bonds. The molecule has 0 aliphatic carbocycles. The molecule has 3 N–H and O–H groups in total. The van der Waals surface area contributed by atoms with Crippen molar-refractivity contribution in [2.75, 3.05) is 12.8 Å². The van der Waals surface area contributed by atoms with Gasteiger partial charge in [-0.05, 0) is 16.2 Å². The maximum absolute atomic E-state index is 11.8. The van der Waals surface area contributed by atoms with Crippen molar-refractivity contribution >= 4 is 17.7 Å². The van der Waals surface area contributed by atoms with E-state index < -0.39 is 17.9 Å². The first-order valence-electron chi connectivity index (χ1n) is 5.48. The van der Waals surface area contributed by atoms with Gasteiger partial charge in [-0.25, -0.2) is 9.42 Å². The molecule has 0 fully saturated rings. The predicted octanol–water partition coefficient (Wildman–Crippen LogP) is -0.0307. The lowest BCUT2D eigenvalue weighted by Crippen LogP contribution is -2.45. The Hall–Kier alpha value is -2.12. The van der Waals surface area contributed by atoms with Crippen LogP contribution in [0.1, 0.15) is 30.8 Å². The van der Waals surface area contributed by atoms with E-state index in [2.05, 4.69) is 25.0 Å². The number of rotatable bonds is 5. The number of nitrogens with one attached hydrogen (secondary N) is 1. The van der Waals surface area contributed by atoms with Gasteiger partial charge in [-0.2, -0.15) is 0 Å². The number of carbonyl (C=O) groups is 2. The number of hydrogen-bond donors (Lipinski definition) is 2. The van der Waals surface area contributed by atoms with Crippen LogP contribution in [0.15, 0.2) is 4.63 Å². The summed E-state index contributed by atoms with van der Waals surface area (Å²) in [5, 5.41) is 9.16. The van der Waals surface area contributed by atoms with Crippen LogP contribution in [0.25, 0.3) is 0 Å². The summed E-state index contributed by atoms with van der Waals surface area (Å²) in [6, 6.07) is -0.761. The molecule has 0 bridgehead atoms. The van der Waals surface area contributed by atoms with Gasteiger partial charge in [0.25, 0.3) is 5.91 Å². The zero-order valence-corrected chi connectivity index (χ0v) is 10.5. The lowest BCUT2D eigenvalue weighted by atomic mass is 9.99. The van der Waals surface area contributed by atoms with Crippen molar-refractivity contribution in [3.05, 3.63) is 5.69 Å². The fourth-order valence-electron chi connectivity index (χ4n) is 1.36. The third-order valence-electron chi connectivity index (χ3n) is 2.68. The maximum Gasteiger partial charge on any atom is 0.328 e. The summed E-state index contributed by atoms with van der Waals surface area (Å²) < 4.78 is 8.96. The van der Waals surface area contributed by atoms with E-state index in [9.17, 15) is 9.59 Å². The highest BCUT2D eigenvalue weighted by Crippen LogP contribution is 2.11. The van der Waals surface area contributed by atoms with Crippen LogP contribution in [0.5, 0.6) is 0 Å². The Morgan fingerprint density at radius 3 is 2.61 bits per heavy atom. The second-order valence-corrected chi connectivity index (χ2v) is 3.86. The lowest BCUT2D eigenvalue weighted by molar-refractivity contribution is -0.144. The molecular weight excluding hydrogens is 240 g/mol. The summed E-state index contributed by atoms with van der Waals surface area (Å²) in [4.78, 5) is 23.4. The average Bonchev–Trinajstić information content (AvgIpc) is 2.80. The molecule has 18 heavy (non-hydrogen) atoms. The first-order chi connectivity index (χ1) is 8.51. The number of nitrogens with two attached hydrogens (primary N) is 1. The van der Waals surface area contributed by atoms with Gasteiger partial charge in [0, 0.05) is 0 Å². The highest BCUT2D eigenvalue weighted by Gasteiger charge is 2.29. The highest BCUT2D eigenvalue weighted by molar-refractivity contribution is 5.98. The molecule has 0 aliphatic rings. The topological polar surface area (TPSA) is 120 Å². The maximum atomic E-state index is 11.8. The van der Waals surface area contributed by atoms with Crippen molar-refractivity contribution in [2.24, 2.45) is 5.92 Å². The number of ether oxygens (including phenoxy) is 1. The molecule has 1 rings (SSSR count). The van der Waals surface area contributed by atoms with Gasteiger partial charge in [-0.1, -0.05) is 20.3 Å².